The van der Waals surface area contributed by atoms with E-state index in [4.69, 9.17) is 27.0 Å². The molecule has 0 aliphatic heterocycles. The van der Waals surface area contributed by atoms with Crippen molar-refractivity contribution in [2.75, 3.05) is 27.3 Å². The number of amides is 1. The Hall–Kier alpha value is -3.37. The maximum Gasteiger partial charge on any atom is 0.250 e. The monoisotopic (exact) mass is 423 g/mol. The van der Waals surface area contributed by atoms with E-state index in [1.807, 2.05) is 41.3 Å². The van der Waals surface area contributed by atoms with Gasteiger partial charge in [0.25, 0.3) is 0 Å². The Labute approximate surface area is 182 Å². The molecule has 2 aromatic rings. The van der Waals surface area contributed by atoms with E-state index in [1.165, 1.54) is 11.6 Å². The second-order valence-electron chi connectivity index (χ2n) is 6.37. The van der Waals surface area contributed by atoms with E-state index in [2.05, 4.69) is 11.4 Å². The van der Waals surface area contributed by atoms with E-state index in [9.17, 15) is 4.79 Å². The molecule has 0 heterocycles. The van der Waals surface area contributed by atoms with Crippen molar-refractivity contribution in [2.24, 2.45) is 0 Å². The van der Waals surface area contributed by atoms with Crippen LogP contribution in [0.4, 0.5) is 0 Å². The second kappa shape index (κ2) is 12.2. The van der Waals surface area contributed by atoms with Crippen molar-refractivity contribution >= 4 is 29.3 Å². The zero-order valence-corrected chi connectivity index (χ0v) is 17.9. The fraction of sp³-hybridized carbons (Fsp3) is 0.261. The van der Waals surface area contributed by atoms with Crippen LogP contribution in [0.2, 0.25) is 0 Å². The smallest absolute Gasteiger partial charge is 0.250 e. The SMILES string of the molecule is COc1ccc(/C=C/C(=O)NC(=S)N(CCC#N)CCc2ccccc2)cc1OC. The van der Waals surface area contributed by atoms with Gasteiger partial charge in [0.1, 0.15) is 0 Å². The summed E-state index contributed by atoms with van der Waals surface area (Å²) in [5, 5.41) is 11.9. The van der Waals surface area contributed by atoms with Crippen molar-refractivity contribution in [3.05, 3.63) is 65.7 Å². The van der Waals surface area contributed by atoms with Gasteiger partial charge in [-0.2, -0.15) is 5.26 Å². The summed E-state index contributed by atoms with van der Waals surface area (Å²) in [6, 6.07) is 17.5. The van der Waals surface area contributed by atoms with Crippen LogP contribution in [0.15, 0.2) is 54.6 Å². The third-order valence-corrected chi connectivity index (χ3v) is 4.72. The summed E-state index contributed by atoms with van der Waals surface area (Å²) in [5.41, 5.74) is 1.96. The first-order valence-electron chi connectivity index (χ1n) is 9.48. The van der Waals surface area contributed by atoms with Gasteiger partial charge in [-0.1, -0.05) is 36.4 Å². The van der Waals surface area contributed by atoms with Gasteiger partial charge in [-0.05, 0) is 48.0 Å². The van der Waals surface area contributed by atoms with Crippen LogP contribution in [0.3, 0.4) is 0 Å². The molecule has 0 aliphatic carbocycles. The molecular formula is C23H25N3O3S. The van der Waals surface area contributed by atoms with Gasteiger partial charge in [-0.25, -0.2) is 0 Å². The van der Waals surface area contributed by atoms with Crippen molar-refractivity contribution in [1.29, 1.82) is 5.26 Å². The number of thiocarbonyl (C=S) groups is 1. The predicted molar refractivity (Wildman–Crippen MR) is 121 cm³/mol. The molecule has 0 aliphatic rings. The largest absolute Gasteiger partial charge is 0.493 e. The van der Waals surface area contributed by atoms with Crippen LogP contribution in [0.5, 0.6) is 11.5 Å². The summed E-state index contributed by atoms with van der Waals surface area (Å²) in [6.45, 7) is 1.08. The molecule has 0 radical (unpaired) electrons. The Bertz CT molecular complexity index is 923. The van der Waals surface area contributed by atoms with Crippen molar-refractivity contribution in [3.63, 3.8) is 0 Å². The van der Waals surface area contributed by atoms with E-state index in [-0.39, 0.29) is 5.91 Å². The Morgan fingerprint density at radius 2 is 1.87 bits per heavy atom. The van der Waals surface area contributed by atoms with Crippen LogP contribution in [-0.4, -0.2) is 43.2 Å². The number of nitrogens with one attached hydrogen (secondary N) is 1. The molecule has 1 amide bonds. The van der Waals surface area contributed by atoms with E-state index >= 15 is 0 Å². The second-order valence-corrected chi connectivity index (χ2v) is 6.76. The number of rotatable bonds is 9. The third kappa shape index (κ3) is 7.22. The van der Waals surface area contributed by atoms with Crippen LogP contribution in [-0.2, 0) is 11.2 Å². The van der Waals surface area contributed by atoms with Gasteiger partial charge in [-0.15, -0.1) is 0 Å². The average molecular weight is 424 g/mol. The average Bonchev–Trinajstić information content (AvgIpc) is 2.78. The normalized spacial score (nSPS) is 10.3. The Balaban J connectivity index is 1.97. The number of benzene rings is 2. The van der Waals surface area contributed by atoms with Crippen LogP contribution in [0.25, 0.3) is 6.08 Å². The molecule has 0 fully saturated rings. The third-order valence-electron chi connectivity index (χ3n) is 4.36. The summed E-state index contributed by atoms with van der Waals surface area (Å²) in [4.78, 5) is 14.2. The quantitative estimate of drug-likeness (QED) is 0.491. The molecule has 6 nitrogen and oxygen atoms in total. The fourth-order valence-electron chi connectivity index (χ4n) is 2.76. The minimum absolute atomic E-state index is 0.308. The Morgan fingerprint density at radius 1 is 1.13 bits per heavy atom. The van der Waals surface area contributed by atoms with Gasteiger partial charge in [0, 0.05) is 19.2 Å². The first-order valence-corrected chi connectivity index (χ1v) is 9.89. The first-order chi connectivity index (χ1) is 14.6. The minimum atomic E-state index is -0.337. The van der Waals surface area contributed by atoms with Crippen LogP contribution in [0, 0.1) is 11.3 Å². The molecule has 1 N–H and O–H groups in total. The van der Waals surface area contributed by atoms with Crippen molar-refractivity contribution in [1.82, 2.24) is 10.2 Å². The molecule has 30 heavy (non-hydrogen) atoms. The standard InChI is InChI=1S/C23H25N3O3S/c1-28-20-11-9-19(17-21(20)29-2)10-12-22(27)25-23(30)26(15-6-14-24)16-13-18-7-4-3-5-8-18/h3-5,7-12,17H,6,13,15-16H2,1-2H3,(H,25,27,30)/b12-10+. The van der Waals surface area contributed by atoms with Crippen molar-refractivity contribution in [2.45, 2.75) is 12.8 Å². The molecule has 2 rings (SSSR count). The number of hydrogen-bond donors (Lipinski definition) is 1. The van der Waals surface area contributed by atoms with E-state index < -0.39 is 0 Å². The zero-order chi connectivity index (χ0) is 21.8. The topological polar surface area (TPSA) is 74.6 Å². The Kier molecular flexibility index (Phi) is 9.35. The lowest BCUT2D eigenvalue weighted by atomic mass is 10.1. The van der Waals surface area contributed by atoms with Gasteiger partial charge in [0.2, 0.25) is 5.91 Å². The van der Waals surface area contributed by atoms with Crippen LogP contribution < -0.4 is 14.8 Å². The molecule has 2 aromatic carbocycles. The highest BCUT2D eigenvalue weighted by Gasteiger charge is 2.11. The summed E-state index contributed by atoms with van der Waals surface area (Å²) in [6.07, 6.45) is 4.17. The zero-order valence-electron chi connectivity index (χ0n) is 17.1. The number of ether oxygens (including phenoxy) is 2. The lowest BCUT2D eigenvalue weighted by Crippen LogP contribution is -2.43. The van der Waals surface area contributed by atoms with Gasteiger partial charge < -0.3 is 14.4 Å². The van der Waals surface area contributed by atoms with E-state index in [1.54, 1.807) is 32.4 Å². The number of nitriles is 1. The lowest BCUT2D eigenvalue weighted by molar-refractivity contribution is -0.115. The molecule has 7 heteroatoms. The van der Waals surface area contributed by atoms with Gasteiger partial charge in [0.05, 0.1) is 26.7 Å². The first kappa shape index (κ1) is 22.9. The summed E-state index contributed by atoms with van der Waals surface area (Å²) in [5.74, 6) is 0.863. The maximum absolute atomic E-state index is 12.3. The van der Waals surface area contributed by atoms with E-state index in [0.717, 1.165) is 12.0 Å². The molecule has 0 saturated carbocycles. The number of nitrogens with zero attached hydrogens (tertiary/aromatic N) is 2. The predicted octanol–water partition coefficient (Wildman–Crippen LogP) is 3.58. The fourth-order valence-corrected chi connectivity index (χ4v) is 3.05. The highest BCUT2D eigenvalue weighted by molar-refractivity contribution is 7.80. The maximum atomic E-state index is 12.3. The van der Waals surface area contributed by atoms with Crippen LogP contribution in [0.1, 0.15) is 17.5 Å². The molecule has 156 valence electrons. The number of hydrogen-bond acceptors (Lipinski definition) is 5. The molecule has 0 saturated heterocycles. The Morgan fingerprint density at radius 3 is 2.53 bits per heavy atom. The molecule has 0 atom stereocenters. The molecule has 0 unspecified atom stereocenters. The highest BCUT2D eigenvalue weighted by atomic mass is 32.1. The van der Waals surface area contributed by atoms with E-state index in [0.29, 0.717) is 36.1 Å². The highest BCUT2D eigenvalue weighted by Crippen LogP contribution is 2.27. The summed E-state index contributed by atoms with van der Waals surface area (Å²) >= 11 is 5.40. The summed E-state index contributed by atoms with van der Waals surface area (Å²) in [7, 11) is 3.12. The van der Waals surface area contributed by atoms with Gasteiger partial charge in [0.15, 0.2) is 16.6 Å². The summed E-state index contributed by atoms with van der Waals surface area (Å²) < 4.78 is 10.5. The molecular weight excluding hydrogens is 398 g/mol. The van der Waals surface area contributed by atoms with Gasteiger partial charge in [-0.3, -0.25) is 10.1 Å². The molecule has 0 bridgehead atoms. The lowest BCUT2D eigenvalue weighted by Gasteiger charge is -2.24. The minimum Gasteiger partial charge on any atom is -0.493 e. The number of carbonyl (C=O) groups is 1. The molecule has 0 aromatic heterocycles. The van der Waals surface area contributed by atoms with Crippen molar-refractivity contribution < 1.29 is 14.3 Å². The van der Waals surface area contributed by atoms with Gasteiger partial charge >= 0.3 is 0 Å². The number of methoxy groups -OCH3 is 2. The van der Waals surface area contributed by atoms with Crippen LogP contribution >= 0.6 is 12.2 Å². The van der Waals surface area contributed by atoms with Crippen molar-refractivity contribution in [3.8, 4) is 17.6 Å². The number of carbonyl (C=O) groups excluding carboxylic acids is 1. The molecule has 0 spiro atoms.